The maximum atomic E-state index is 12.5. The lowest BCUT2D eigenvalue weighted by molar-refractivity contribution is 0.0937. The minimum Gasteiger partial charge on any atom is -0.383 e. The van der Waals surface area contributed by atoms with Gasteiger partial charge in [0.05, 0.1) is 17.7 Å². The van der Waals surface area contributed by atoms with Gasteiger partial charge in [-0.3, -0.25) is 4.79 Å². The van der Waals surface area contributed by atoms with Crippen LogP contribution in [0.4, 0.5) is 0 Å². The first-order valence-electron chi connectivity index (χ1n) is 9.21. The summed E-state index contributed by atoms with van der Waals surface area (Å²) in [5.41, 5.74) is 3.26. The molecule has 1 aromatic heterocycles. The van der Waals surface area contributed by atoms with E-state index in [1.165, 1.54) is 5.56 Å². The molecule has 0 bridgehead atoms. The third-order valence-electron chi connectivity index (χ3n) is 4.43. The van der Waals surface area contributed by atoms with Gasteiger partial charge < -0.3 is 14.6 Å². The van der Waals surface area contributed by atoms with Crippen molar-refractivity contribution in [3.63, 3.8) is 0 Å². The Hall–Kier alpha value is -2.99. The van der Waals surface area contributed by atoms with Gasteiger partial charge in [-0.05, 0) is 23.1 Å². The highest BCUT2D eigenvalue weighted by molar-refractivity contribution is 6.00. The normalized spacial score (nSPS) is 11.4. The second-order valence-corrected chi connectivity index (χ2v) is 7.54. The monoisotopic (exact) mass is 379 g/mol. The van der Waals surface area contributed by atoms with E-state index in [-0.39, 0.29) is 11.3 Å². The number of ether oxygens (including phenoxy) is 1. The highest BCUT2D eigenvalue weighted by Gasteiger charge is 2.18. The van der Waals surface area contributed by atoms with Crippen LogP contribution in [0.2, 0.25) is 0 Å². The van der Waals surface area contributed by atoms with Crippen molar-refractivity contribution in [3.05, 3.63) is 59.7 Å². The van der Waals surface area contributed by atoms with Crippen molar-refractivity contribution in [2.75, 3.05) is 20.3 Å². The quantitative estimate of drug-likeness (QED) is 0.653. The molecule has 1 N–H and O–H groups in total. The maximum absolute atomic E-state index is 12.5. The van der Waals surface area contributed by atoms with Crippen LogP contribution in [-0.4, -0.2) is 36.3 Å². The average Bonchev–Trinajstić information content (AvgIpc) is 3.17. The second kappa shape index (κ2) is 8.35. The molecule has 3 rings (SSSR count). The zero-order chi connectivity index (χ0) is 20.1. The largest absolute Gasteiger partial charge is 0.383 e. The summed E-state index contributed by atoms with van der Waals surface area (Å²) >= 11 is 0. The van der Waals surface area contributed by atoms with Crippen molar-refractivity contribution in [2.45, 2.75) is 26.2 Å². The molecule has 3 aromatic rings. The zero-order valence-corrected chi connectivity index (χ0v) is 16.7. The summed E-state index contributed by atoms with van der Waals surface area (Å²) in [6.07, 6.45) is 0. The molecule has 0 spiro atoms. The van der Waals surface area contributed by atoms with Crippen LogP contribution in [0.5, 0.6) is 0 Å². The summed E-state index contributed by atoms with van der Waals surface area (Å²) in [7, 11) is 1.59. The van der Waals surface area contributed by atoms with Crippen LogP contribution >= 0.6 is 0 Å². The molecule has 6 heteroatoms. The molecule has 6 nitrogen and oxygen atoms in total. The summed E-state index contributed by atoms with van der Waals surface area (Å²) in [6.45, 7) is 7.39. The first-order valence-corrected chi connectivity index (χ1v) is 9.21. The van der Waals surface area contributed by atoms with Crippen molar-refractivity contribution < 1.29 is 14.1 Å². The van der Waals surface area contributed by atoms with E-state index < -0.39 is 0 Å². The zero-order valence-electron chi connectivity index (χ0n) is 16.7. The van der Waals surface area contributed by atoms with E-state index in [1.807, 2.05) is 18.2 Å². The van der Waals surface area contributed by atoms with Crippen molar-refractivity contribution in [1.82, 2.24) is 15.5 Å². The Balaban J connectivity index is 1.85. The van der Waals surface area contributed by atoms with Crippen LogP contribution in [0, 0.1) is 0 Å². The Morgan fingerprint density at radius 2 is 1.82 bits per heavy atom. The number of nitrogens with one attached hydrogen (secondary N) is 1. The third-order valence-corrected chi connectivity index (χ3v) is 4.43. The van der Waals surface area contributed by atoms with Gasteiger partial charge in [-0.15, -0.1) is 0 Å². The molecule has 0 aliphatic heterocycles. The topological polar surface area (TPSA) is 77.2 Å². The Morgan fingerprint density at radius 1 is 1.11 bits per heavy atom. The number of amides is 1. The van der Waals surface area contributed by atoms with Crippen molar-refractivity contribution in [2.24, 2.45) is 0 Å². The number of nitrogens with zero attached hydrogens (tertiary/aromatic N) is 2. The van der Waals surface area contributed by atoms with Crippen LogP contribution in [0.3, 0.4) is 0 Å². The third kappa shape index (κ3) is 4.46. The molecule has 0 aliphatic rings. The van der Waals surface area contributed by atoms with E-state index in [9.17, 15) is 4.79 Å². The van der Waals surface area contributed by atoms with Gasteiger partial charge in [0.2, 0.25) is 5.82 Å². The number of hydrogen-bond donors (Lipinski definition) is 1. The van der Waals surface area contributed by atoms with E-state index in [4.69, 9.17) is 9.26 Å². The molecule has 0 radical (unpaired) electrons. The number of benzene rings is 2. The Bertz CT molecular complexity index is 940. The van der Waals surface area contributed by atoms with Crippen molar-refractivity contribution >= 4 is 5.91 Å². The Morgan fingerprint density at radius 3 is 2.50 bits per heavy atom. The van der Waals surface area contributed by atoms with Gasteiger partial charge in [-0.1, -0.05) is 62.3 Å². The van der Waals surface area contributed by atoms with E-state index in [2.05, 4.69) is 48.4 Å². The maximum Gasteiger partial charge on any atom is 0.259 e. The summed E-state index contributed by atoms with van der Waals surface area (Å²) in [4.78, 5) is 17.0. The molecule has 0 fully saturated rings. The summed E-state index contributed by atoms with van der Waals surface area (Å²) < 4.78 is 10.4. The smallest absolute Gasteiger partial charge is 0.259 e. The number of methoxy groups -OCH3 is 1. The van der Waals surface area contributed by atoms with Crippen LogP contribution in [0.25, 0.3) is 22.8 Å². The molecule has 2 aromatic carbocycles. The van der Waals surface area contributed by atoms with E-state index in [0.717, 1.165) is 5.56 Å². The lowest BCUT2D eigenvalue weighted by Crippen LogP contribution is -2.27. The number of rotatable bonds is 6. The summed E-state index contributed by atoms with van der Waals surface area (Å²) in [5, 5.41) is 6.91. The van der Waals surface area contributed by atoms with Crippen molar-refractivity contribution in [1.29, 1.82) is 0 Å². The molecule has 0 aliphatic carbocycles. The highest BCUT2D eigenvalue weighted by Crippen LogP contribution is 2.27. The predicted octanol–water partition coefficient (Wildman–Crippen LogP) is 4.08. The molecule has 0 unspecified atom stereocenters. The minimum atomic E-state index is -0.207. The number of carbonyl (C=O) groups excluding carboxylic acids is 1. The fourth-order valence-corrected chi connectivity index (χ4v) is 2.80. The summed E-state index contributed by atoms with van der Waals surface area (Å²) in [5.74, 6) is 0.597. The van der Waals surface area contributed by atoms with Crippen LogP contribution in [0.1, 0.15) is 36.7 Å². The fourth-order valence-electron chi connectivity index (χ4n) is 2.80. The standard InChI is InChI=1S/C22H25N3O3/c1-22(2,3)16-11-9-15(10-12-16)19-24-21(28-25-19)18-8-6-5-7-17(18)20(26)23-13-14-27-4/h5-12H,13-14H2,1-4H3,(H,23,26). The Kier molecular flexibility index (Phi) is 5.90. The Labute approximate surface area is 164 Å². The second-order valence-electron chi connectivity index (χ2n) is 7.54. The van der Waals surface area contributed by atoms with Gasteiger partial charge in [0.25, 0.3) is 11.8 Å². The van der Waals surface area contributed by atoms with Gasteiger partial charge in [-0.2, -0.15) is 4.98 Å². The molecule has 0 saturated carbocycles. The molecule has 0 atom stereocenters. The molecule has 1 amide bonds. The van der Waals surface area contributed by atoms with E-state index in [0.29, 0.717) is 36.0 Å². The molecule has 146 valence electrons. The predicted molar refractivity (Wildman–Crippen MR) is 108 cm³/mol. The summed E-state index contributed by atoms with van der Waals surface area (Å²) in [6, 6.07) is 15.3. The van der Waals surface area contributed by atoms with Crippen LogP contribution in [-0.2, 0) is 10.2 Å². The van der Waals surface area contributed by atoms with Gasteiger partial charge in [0.1, 0.15) is 0 Å². The molecule has 28 heavy (non-hydrogen) atoms. The molecular formula is C22H25N3O3. The minimum absolute atomic E-state index is 0.0794. The van der Waals surface area contributed by atoms with Gasteiger partial charge in [0, 0.05) is 19.2 Å². The van der Waals surface area contributed by atoms with Gasteiger partial charge in [0.15, 0.2) is 0 Å². The van der Waals surface area contributed by atoms with Crippen LogP contribution in [0.15, 0.2) is 53.1 Å². The average molecular weight is 379 g/mol. The first kappa shape index (κ1) is 19.8. The lowest BCUT2D eigenvalue weighted by Gasteiger charge is -2.18. The molecule has 1 heterocycles. The van der Waals surface area contributed by atoms with E-state index >= 15 is 0 Å². The number of carbonyl (C=O) groups is 1. The number of hydrogen-bond acceptors (Lipinski definition) is 5. The van der Waals surface area contributed by atoms with Gasteiger partial charge >= 0.3 is 0 Å². The van der Waals surface area contributed by atoms with Crippen LogP contribution < -0.4 is 5.32 Å². The highest BCUT2D eigenvalue weighted by atomic mass is 16.5. The van der Waals surface area contributed by atoms with E-state index in [1.54, 1.807) is 25.3 Å². The SMILES string of the molecule is COCCNC(=O)c1ccccc1-c1nc(-c2ccc(C(C)(C)C)cc2)no1. The molecular weight excluding hydrogens is 354 g/mol. The first-order chi connectivity index (χ1) is 13.4. The fraction of sp³-hybridized carbons (Fsp3) is 0.318. The number of aromatic nitrogens is 2. The van der Waals surface area contributed by atoms with Crippen molar-refractivity contribution in [3.8, 4) is 22.8 Å². The van der Waals surface area contributed by atoms with Gasteiger partial charge in [-0.25, -0.2) is 0 Å². The molecule has 0 saturated heterocycles. The lowest BCUT2D eigenvalue weighted by atomic mass is 9.87.